The highest BCUT2D eigenvalue weighted by Gasteiger charge is 2.31. The van der Waals surface area contributed by atoms with Gasteiger partial charge in [-0.3, -0.25) is 4.79 Å². The molecule has 0 bridgehead atoms. The fraction of sp³-hybridized carbons (Fsp3) is 0.357. The van der Waals surface area contributed by atoms with Gasteiger partial charge in [0.2, 0.25) is 0 Å². The van der Waals surface area contributed by atoms with Gasteiger partial charge in [0.15, 0.2) is 0 Å². The molecule has 1 rings (SSSR count). The Labute approximate surface area is 116 Å². The van der Waals surface area contributed by atoms with Gasteiger partial charge in [0.1, 0.15) is 0 Å². The molecule has 0 aromatic heterocycles. The summed E-state index contributed by atoms with van der Waals surface area (Å²) in [6.07, 6.45) is 2.29. The molecule has 0 fully saturated rings. The number of carbonyl (C=O) groups is 1. The standard InChI is InChI=1S/C14H17IO2/c1-4-14(3,13(16)17-5-2)10-11-6-8-12(15)9-7-11/h4,6-9H,1,5,10H2,2-3H3. The minimum Gasteiger partial charge on any atom is -0.465 e. The summed E-state index contributed by atoms with van der Waals surface area (Å²) < 4.78 is 6.27. The summed E-state index contributed by atoms with van der Waals surface area (Å²) in [5.41, 5.74) is 0.462. The Balaban J connectivity index is 2.85. The summed E-state index contributed by atoms with van der Waals surface area (Å²) in [4.78, 5) is 11.9. The second kappa shape index (κ2) is 6.19. The van der Waals surface area contributed by atoms with Gasteiger partial charge in [-0.25, -0.2) is 0 Å². The van der Waals surface area contributed by atoms with Gasteiger partial charge in [-0.15, -0.1) is 6.58 Å². The van der Waals surface area contributed by atoms with Gasteiger partial charge < -0.3 is 4.74 Å². The molecular weight excluding hydrogens is 327 g/mol. The van der Waals surface area contributed by atoms with Crippen molar-refractivity contribution < 1.29 is 9.53 Å². The Kier molecular flexibility index (Phi) is 5.18. The van der Waals surface area contributed by atoms with Crippen molar-refractivity contribution in [2.45, 2.75) is 20.3 Å². The molecule has 0 amide bonds. The molecule has 92 valence electrons. The van der Waals surface area contributed by atoms with Crippen molar-refractivity contribution in [2.24, 2.45) is 5.41 Å². The first kappa shape index (κ1) is 14.2. The zero-order chi connectivity index (χ0) is 12.9. The molecule has 1 aromatic carbocycles. The third kappa shape index (κ3) is 3.84. The van der Waals surface area contributed by atoms with Crippen LogP contribution in [0.25, 0.3) is 0 Å². The summed E-state index contributed by atoms with van der Waals surface area (Å²) in [5.74, 6) is -0.214. The molecular formula is C14H17IO2. The van der Waals surface area contributed by atoms with Gasteiger partial charge in [0.05, 0.1) is 12.0 Å². The lowest BCUT2D eigenvalue weighted by molar-refractivity contribution is -0.151. The molecule has 0 N–H and O–H groups in total. The Bertz CT molecular complexity index is 397. The maximum Gasteiger partial charge on any atom is 0.315 e. The fourth-order valence-corrected chi connectivity index (χ4v) is 1.91. The molecule has 1 unspecified atom stereocenters. The summed E-state index contributed by atoms with van der Waals surface area (Å²) in [6, 6.07) is 8.13. The zero-order valence-electron chi connectivity index (χ0n) is 10.2. The monoisotopic (exact) mass is 344 g/mol. The molecule has 0 radical (unpaired) electrons. The normalized spacial score (nSPS) is 13.8. The summed E-state index contributed by atoms with van der Waals surface area (Å²) in [6.45, 7) is 7.81. The molecule has 0 aliphatic heterocycles. The second-order valence-electron chi connectivity index (χ2n) is 4.15. The molecule has 0 aliphatic rings. The molecule has 2 nitrogen and oxygen atoms in total. The minimum atomic E-state index is -0.650. The lowest BCUT2D eigenvalue weighted by atomic mass is 9.84. The Morgan fingerprint density at radius 2 is 2.06 bits per heavy atom. The SMILES string of the molecule is C=CC(C)(Cc1ccc(I)cc1)C(=O)OCC. The van der Waals surface area contributed by atoms with Gasteiger partial charge in [-0.05, 0) is 60.6 Å². The molecule has 1 aromatic rings. The summed E-state index contributed by atoms with van der Waals surface area (Å²) in [7, 11) is 0. The van der Waals surface area contributed by atoms with Crippen LogP contribution in [0.1, 0.15) is 19.4 Å². The lowest BCUT2D eigenvalue weighted by Gasteiger charge is -2.23. The van der Waals surface area contributed by atoms with E-state index < -0.39 is 5.41 Å². The van der Waals surface area contributed by atoms with E-state index in [1.165, 1.54) is 3.57 Å². The first-order chi connectivity index (χ1) is 8.01. The highest BCUT2D eigenvalue weighted by atomic mass is 127. The third-order valence-electron chi connectivity index (χ3n) is 2.68. The maximum absolute atomic E-state index is 11.9. The molecule has 0 spiro atoms. The van der Waals surface area contributed by atoms with E-state index in [1.54, 1.807) is 6.08 Å². The number of esters is 1. The molecule has 0 aliphatic carbocycles. The van der Waals surface area contributed by atoms with Gasteiger partial charge in [0, 0.05) is 3.57 Å². The average Bonchev–Trinajstić information content (AvgIpc) is 2.32. The first-order valence-corrected chi connectivity index (χ1v) is 6.65. The van der Waals surface area contributed by atoms with E-state index in [0.717, 1.165) is 5.56 Å². The molecule has 3 heteroatoms. The fourth-order valence-electron chi connectivity index (χ4n) is 1.55. The smallest absolute Gasteiger partial charge is 0.315 e. The molecule has 17 heavy (non-hydrogen) atoms. The van der Waals surface area contributed by atoms with Crippen molar-refractivity contribution in [3.8, 4) is 0 Å². The molecule has 1 atom stereocenters. The number of rotatable bonds is 5. The number of ether oxygens (including phenoxy) is 1. The average molecular weight is 344 g/mol. The predicted molar refractivity (Wildman–Crippen MR) is 77.8 cm³/mol. The van der Waals surface area contributed by atoms with Crippen LogP contribution >= 0.6 is 22.6 Å². The van der Waals surface area contributed by atoms with Crippen LogP contribution in [0.3, 0.4) is 0 Å². The van der Waals surface area contributed by atoms with Gasteiger partial charge >= 0.3 is 5.97 Å². The van der Waals surface area contributed by atoms with E-state index in [1.807, 2.05) is 38.1 Å². The minimum absolute atomic E-state index is 0.214. The number of benzene rings is 1. The largest absolute Gasteiger partial charge is 0.465 e. The van der Waals surface area contributed by atoms with Crippen LogP contribution in [-0.4, -0.2) is 12.6 Å². The second-order valence-corrected chi connectivity index (χ2v) is 5.39. The predicted octanol–water partition coefficient (Wildman–Crippen LogP) is 3.59. The number of carbonyl (C=O) groups excluding carboxylic acids is 1. The Hall–Kier alpha value is -0.840. The molecule has 0 saturated heterocycles. The zero-order valence-corrected chi connectivity index (χ0v) is 12.4. The van der Waals surface area contributed by atoms with Crippen molar-refractivity contribution >= 4 is 28.6 Å². The van der Waals surface area contributed by atoms with Gasteiger partial charge in [-0.1, -0.05) is 18.2 Å². The van der Waals surface area contributed by atoms with Crippen molar-refractivity contribution in [1.82, 2.24) is 0 Å². The van der Waals surface area contributed by atoms with Crippen LogP contribution in [0.15, 0.2) is 36.9 Å². The summed E-state index contributed by atoms with van der Waals surface area (Å²) in [5, 5.41) is 0. The highest BCUT2D eigenvalue weighted by Crippen LogP contribution is 2.26. The summed E-state index contributed by atoms with van der Waals surface area (Å²) >= 11 is 2.26. The Morgan fingerprint density at radius 3 is 2.53 bits per heavy atom. The third-order valence-corrected chi connectivity index (χ3v) is 3.40. The first-order valence-electron chi connectivity index (χ1n) is 5.57. The van der Waals surface area contributed by atoms with E-state index in [9.17, 15) is 4.79 Å². The van der Waals surface area contributed by atoms with Gasteiger partial charge in [0.25, 0.3) is 0 Å². The van der Waals surface area contributed by atoms with Crippen LogP contribution in [0.5, 0.6) is 0 Å². The van der Waals surface area contributed by atoms with E-state index in [4.69, 9.17) is 4.74 Å². The van der Waals surface area contributed by atoms with Crippen LogP contribution in [0.2, 0.25) is 0 Å². The van der Waals surface area contributed by atoms with Gasteiger partial charge in [-0.2, -0.15) is 0 Å². The van der Waals surface area contributed by atoms with Crippen molar-refractivity contribution in [2.75, 3.05) is 6.61 Å². The number of hydrogen-bond acceptors (Lipinski definition) is 2. The van der Waals surface area contributed by atoms with E-state index in [0.29, 0.717) is 13.0 Å². The highest BCUT2D eigenvalue weighted by molar-refractivity contribution is 14.1. The van der Waals surface area contributed by atoms with Crippen molar-refractivity contribution in [3.63, 3.8) is 0 Å². The van der Waals surface area contributed by atoms with E-state index >= 15 is 0 Å². The quantitative estimate of drug-likeness (QED) is 0.464. The number of halogens is 1. The van der Waals surface area contributed by atoms with Crippen LogP contribution in [-0.2, 0) is 16.0 Å². The van der Waals surface area contributed by atoms with Crippen molar-refractivity contribution in [3.05, 3.63) is 46.1 Å². The lowest BCUT2D eigenvalue weighted by Crippen LogP contribution is -2.30. The van der Waals surface area contributed by atoms with Crippen LogP contribution in [0.4, 0.5) is 0 Å². The Morgan fingerprint density at radius 1 is 1.47 bits per heavy atom. The number of hydrogen-bond donors (Lipinski definition) is 0. The topological polar surface area (TPSA) is 26.3 Å². The molecule has 0 heterocycles. The maximum atomic E-state index is 11.9. The van der Waals surface area contributed by atoms with Crippen LogP contribution < -0.4 is 0 Å². The molecule has 0 saturated carbocycles. The van der Waals surface area contributed by atoms with E-state index in [-0.39, 0.29) is 5.97 Å². The van der Waals surface area contributed by atoms with E-state index in [2.05, 4.69) is 29.2 Å². The van der Waals surface area contributed by atoms with Crippen LogP contribution in [0, 0.1) is 8.99 Å². The van der Waals surface area contributed by atoms with Crippen molar-refractivity contribution in [1.29, 1.82) is 0 Å².